The Morgan fingerprint density at radius 1 is 1.32 bits per heavy atom. The van der Waals surface area contributed by atoms with Crippen LogP contribution in [0.15, 0.2) is 30.6 Å². The van der Waals surface area contributed by atoms with Crippen LogP contribution in [-0.4, -0.2) is 28.3 Å². The molecule has 7 heteroatoms. The number of hydrogen-bond donors (Lipinski definition) is 1. The Bertz CT molecular complexity index is 1060. The number of rotatable bonds is 5. The van der Waals surface area contributed by atoms with Gasteiger partial charge in [0.15, 0.2) is 12.4 Å². The Kier molecular flexibility index (Phi) is 5.09. The molecule has 1 N–H and O–H groups in total. The zero-order chi connectivity index (χ0) is 19.7. The lowest BCUT2D eigenvalue weighted by atomic mass is 9.89. The minimum Gasteiger partial charge on any atom is -0.467 e. The third kappa shape index (κ3) is 3.75. The molecular formula is C21H21N3O3S. The predicted molar refractivity (Wildman–Crippen MR) is 109 cm³/mol. The molecule has 1 aliphatic rings. The maximum atomic E-state index is 12.3. The summed E-state index contributed by atoms with van der Waals surface area (Å²) in [5.41, 5.74) is 2.38. The van der Waals surface area contributed by atoms with E-state index in [1.165, 1.54) is 23.7 Å². The van der Waals surface area contributed by atoms with Crippen molar-refractivity contribution in [2.24, 2.45) is 5.92 Å². The standard InChI is InChI=1S/C21H21N3O3S/c1-12-6-7-16-17(8-12)28-21-19(16)20(22-11-23-21)27-10-18(26)24-15-5-3-4-14(9-15)13(2)25/h3-5,9,11-12H,6-8,10H2,1-2H3,(H,24,26). The molecule has 144 valence electrons. The molecule has 0 radical (unpaired) electrons. The van der Waals surface area contributed by atoms with Crippen molar-refractivity contribution in [3.8, 4) is 5.88 Å². The summed E-state index contributed by atoms with van der Waals surface area (Å²) in [6, 6.07) is 6.84. The number of thiophene rings is 1. The Morgan fingerprint density at radius 3 is 3.00 bits per heavy atom. The zero-order valence-corrected chi connectivity index (χ0v) is 16.6. The summed E-state index contributed by atoms with van der Waals surface area (Å²) in [6.07, 6.45) is 4.67. The van der Waals surface area contributed by atoms with E-state index in [4.69, 9.17) is 4.74 Å². The highest BCUT2D eigenvalue weighted by molar-refractivity contribution is 7.18. The van der Waals surface area contributed by atoms with E-state index in [2.05, 4.69) is 22.2 Å². The lowest BCUT2D eigenvalue weighted by Crippen LogP contribution is -2.20. The molecule has 0 spiro atoms. The third-order valence-electron chi connectivity index (χ3n) is 4.95. The molecular weight excluding hydrogens is 374 g/mol. The van der Waals surface area contributed by atoms with E-state index >= 15 is 0 Å². The fourth-order valence-electron chi connectivity index (χ4n) is 3.50. The van der Waals surface area contributed by atoms with Gasteiger partial charge in [-0.3, -0.25) is 9.59 Å². The first kappa shape index (κ1) is 18.6. The lowest BCUT2D eigenvalue weighted by Gasteiger charge is -2.18. The number of carbonyl (C=O) groups excluding carboxylic acids is 2. The van der Waals surface area contributed by atoms with Crippen LogP contribution in [-0.2, 0) is 17.6 Å². The normalized spacial score (nSPS) is 15.9. The largest absolute Gasteiger partial charge is 0.467 e. The molecule has 6 nitrogen and oxygen atoms in total. The number of fused-ring (bicyclic) bond motifs is 3. The van der Waals surface area contributed by atoms with Gasteiger partial charge >= 0.3 is 0 Å². The fourth-order valence-corrected chi connectivity index (χ4v) is 4.84. The van der Waals surface area contributed by atoms with Crippen molar-refractivity contribution in [1.29, 1.82) is 0 Å². The zero-order valence-electron chi connectivity index (χ0n) is 15.8. The summed E-state index contributed by atoms with van der Waals surface area (Å²) in [5.74, 6) is 0.789. The number of Topliss-reactive ketones (excluding diaryl/α,β-unsaturated/α-hetero) is 1. The molecule has 1 aliphatic carbocycles. The quantitative estimate of drug-likeness (QED) is 0.660. The van der Waals surface area contributed by atoms with Gasteiger partial charge in [-0.05, 0) is 49.8 Å². The van der Waals surface area contributed by atoms with Gasteiger partial charge in [0.2, 0.25) is 5.88 Å². The molecule has 1 amide bonds. The maximum Gasteiger partial charge on any atom is 0.262 e. The molecule has 1 atom stereocenters. The molecule has 2 heterocycles. The molecule has 4 rings (SSSR count). The number of aromatic nitrogens is 2. The van der Waals surface area contributed by atoms with Crippen LogP contribution >= 0.6 is 11.3 Å². The number of hydrogen-bond acceptors (Lipinski definition) is 6. The van der Waals surface area contributed by atoms with Crippen molar-refractivity contribution in [2.45, 2.75) is 33.1 Å². The van der Waals surface area contributed by atoms with Gasteiger partial charge in [-0.2, -0.15) is 0 Å². The highest BCUT2D eigenvalue weighted by atomic mass is 32.1. The van der Waals surface area contributed by atoms with Crippen LogP contribution in [0.25, 0.3) is 10.2 Å². The van der Waals surface area contributed by atoms with E-state index in [1.807, 2.05) is 0 Å². The van der Waals surface area contributed by atoms with Gasteiger partial charge in [-0.15, -0.1) is 11.3 Å². The third-order valence-corrected chi connectivity index (χ3v) is 6.11. The number of nitrogens with one attached hydrogen (secondary N) is 1. The Hall–Kier alpha value is -2.80. The topological polar surface area (TPSA) is 81.2 Å². The number of ketones is 1. The minimum absolute atomic E-state index is 0.0488. The summed E-state index contributed by atoms with van der Waals surface area (Å²) in [6.45, 7) is 3.60. The molecule has 28 heavy (non-hydrogen) atoms. The van der Waals surface area contributed by atoms with E-state index < -0.39 is 0 Å². The van der Waals surface area contributed by atoms with E-state index in [0.717, 1.165) is 29.5 Å². The average Bonchev–Trinajstić information content (AvgIpc) is 3.04. The second kappa shape index (κ2) is 7.67. The molecule has 1 aromatic carbocycles. The number of amides is 1. The van der Waals surface area contributed by atoms with Crippen molar-refractivity contribution in [3.63, 3.8) is 0 Å². The Balaban J connectivity index is 1.49. The van der Waals surface area contributed by atoms with Gasteiger partial charge in [0.25, 0.3) is 5.91 Å². The van der Waals surface area contributed by atoms with Crippen LogP contribution in [0.4, 0.5) is 5.69 Å². The number of carbonyl (C=O) groups is 2. The summed E-state index contributed by atoms with van der Waals surface area (Å²) < 4.78 is 5.76. The van der Waals surface area contributed by atoms with E-state index in [9.17, 15) is 9.59 Å². The summed E-state index contributed by atoms with van der Waals surface area (Å²) >= 11 is 1.70. The van der Waals surface area contributed by atoms with Gasteiger partial charge in [0.05, 0.1) is 5.39 Å². The number of ether oxygens (including phenoxy) is 1. The second-order valence-corrected chi connectivity index (χ2v) is 8.27. The van der Waals surface area contributed by atoms with E-state index in [-0.39, 0.29) is 18.3 Å². The number of aryl methyl sites for hydroxylation is 1. The first-order valence-electron chi connectivity index (χ1n) is 9.30. The van der Waals surface area contributed by atoms with Gasteiger partial charge in [0, 0.05) is 16.1 Å². The van der Waals surface area contributed by atoms with E-state index in [0.29, 0.717) is 23.0 Å². The van der Waals surface area contributed by atoms with Crippen LogP contribution in [0, 0.1) is 5.92 Å². The van der Waals surface area contributed by atoms with Crippen LogP contribution in [0.3, 0.4) is 0 Å². The van der Waals surface area contributed by atoms with Gasteiger partial charge in [-0.1, -0.05) is 19.1 Å². The van der Waals surface area contributed by atoms with Gasteiger partial charge in [0.1, 0.15) is 11.2 Å². The first-order chi connectivity index (χ1) is 13.5. The molecule has 0 saturated carbocycles. The smallest absolute Gasteiger partial charge is 0.262 e. The number of anilines is 1. The number of benzene rings is 1. The SMILES string of the molecule is CC(=O)c1cccc(NC(=O)COc2ncnc3sc4c(c23)CCC(C)C4)c1. The molecule has 2 aromatic heterocycles. The Labute approximate surface area is 167 Å². The molecule has 0 saturated heterocycles. The van der Waals surface area contributed by atoms with Gasteiger partial charge < -0.3 is 10.1 Å². The van der Waals surface area contributed by atoms with Crippen LogP contribution in [0.5, 0.6) is 5.88 Å². The number of nitrogens with zero attached hydrogens (tertiary/aromatic N) is 2. The minimum atomic E-state index is -0.301. The van der Waals surface area contributed by atoms with Crippen LogP contribution in [0.2, 0.25) is 0 Å². The van der Waals surface area contributed by atoms with Crippen molar-refractivity contribution in [1.82, 2.24) is 9.97 Å². The first-order valence-corrected chi connectivity index (χ1v) is 10.1. The summed E-state index contributed by atoms with van der Waals surface area (Å²) in [4.78, 5) is 34.7. The molecule has 0 aliphatic heterocycles. The highest BCUT2D eigenvalue weighted by Crippen LogP contribution is 2.40. The lowest BCUT2D eigenvalue weighted by molar-refractivity contribution is -0.118. The molecule has 0 bridgehead atoms. The predicted octanol–water partition coefficient (Wildman–Crippen LogP) is 4.04. The van der Waals surface area contributed by atoms with Crippen LogP contribution < -0.4 is 10.1 Å². The Morgan fingerprint density at radius 2 is 2.18 bits per heavy atom. The second-order valence-electron chi connectivity index (χ2n) is 7.18. The fraction of sp³-hybridized carbons (Fsp3) is 0.333. The monoisotopic (exact) mass is 395 g/mol. The van der Waals surface area contributed by atoms with Crippen molar-refractivity contribution < 1.29 is 14.3 Å². The summed E-state index contributed by atoms with van der Waals surface area (Å²) in [5, 5.41) is 3.71. The van der Waals surface area contributed by atoms with E-state index in [1.54, 1.807) is 35.6 Å². The average molecular weight is 395 g/mol. The van der Waals surface area contributed by atoms with Crippen LogP contribution in [0.1, 0.15) is 41.1 Å². The van der Waals surface area contributed by atoms with Crippen molar-refractivity contribution >= 4 is 38.9 Å². The summed E-state index contributed by atoms with van der Waals surface area (Å²) in [7, 11) is 0. The van der Waals surface area contributed by atoms with Crippen molar-refractivity contribution in [3.05, 3.63) is 46.6 Å². The molecule has 0 fully saturated rings. The maximum absolute atomic E-state index is 12.3. The molecule has 3 aromatic rings. The highest BCUT2D eigenvalue weighted by Gasteiger charge is 2.23. The van der Waals surface area contributed by atoms with Gasteiger partial charge in [-0.25, -0.2) is 9.97 Å². The van der Waals surface area contributed by atoms with Crippen molar-refractivity contribution in [2.75, 3.05) is 11.9 Å². The molecule has 1 unspecified atom stereocenters.